The number of likely N-dealkylation sites (tertiary alicyclic amines) is 1. The minimum Gasteiger partial charge on any atom is -0.494 e. The molecular formula is C20H23FN3O2P. The SMILES string of the molecule is CN[C@H]1CCN(C2=CN3C(=O)C=C(c4ccc(OC)c(F)c4)PC3C=C2)C1. The molecule has 4 rings (SSSR count). The minimum absolute atomic E-state index is 0.00545. The summed E-state index contributed by atoms with van der Waals surface area (Å²) in [5, 5.41) is 4.19. The number of benzene rings is 1. The van der Waals surface area contributed by atoms with Gasteiger partial charge in [-0.15, -0.1) is 0 Å². The predicted octanol–water partition coefficient (Wildman–Crippen LogP) is 2.73. The number of rotatable bonds is 4. The normalized spacial score (nSPS) is 25.5. The maximum absolute atomic E-state index is 14.0. The molecule has 0 bridgehead atoms. The molecule has 142 valence electrons. The van der Waals surface area contributed by atoms with E-state index in [0.29, 0.717) is 14.6 Å². The topological polar surface area (TPSA) is 44.8 Å². The number of amides is 1. The van der Waals surface area contributed by atoms with Gasteiger partial charge in [0, 0.05) is 31.4 Å². The molecule has 1 amide bonds. The molecule has 3 aliphatic rings. The number of likely N-dealkylation sites (N-methyl/N-ethyl adjacent to an activating group) is 1. The van der Waals surface area contributed by atoms with E-state index in [1.807, 2.05) is 13.2 Å². The third-order valence-electron chi connectivity index (χ3n) is 5.27. The van der Waals surface area contributed by atoms with Crippen LogP contribution < -0.4 is 10.1 Å². The molecule has 27 heavy (non-hydrogen) atoms. The Morgan fingerprint density at radius 1 is 1.37 bits per heavy atom. The Kier molecular flexibility index (Phi) is 5.02. The molecule has 1 aromatic rings. The van der Waals surface area contributed by atoms with Gasteiger partial charge in [0.2, 0.25) is 0 Å². The third-order valence-corrected chi connectivity index (χ3v) is 6.78. The first kappa shape index (κ1) is 18.2. The summed E-state index contributed by atoms with van der Waals surface area (Å²) < 4.78 is 19.0. The standard InChI is InChI=1S/C20H23FN3O2P/c1-22-14-7-8-23(11-14)15-4-6-20-24(12-15)19(25)10-18(27-20)13-3-5-17(26-2)16(21)9-13/h3-6,9-10,12,14,20,22,27H,7-8,11H2,1-2H3/t14-,20?/m0/s1. The van der Waals surface area contributed by atoms with Crippen molar-refractivity contribution in [3.63, 3.8) is 0 Å². The summed E-state index contributed by atoms with van der Waals surface area (Å²) in [7, 11) is 3.80. The van der Waals surface area contributed by atoms with Crippen LogP contribution in [0.15, 0.2) is 48.3 Å². The summed E-state index contributed by atoms with van der Waals surface area (Å²) in [6.45, 7) is 1.94. The summed E-state index contributed by atoms with van der Waals surface area (Å²) in [6.07, 6.45) is 8.89. The number of allylic oxidation sites excluding steroid dienone is 1. The van der Waals surface area contributed by atoms with E-state index in [0.717, 1.165) is 36.1 Å². The van der Waals surface area contributed by atoms with Crippen LogP contribution in [0.3, 0.4) is 0 Å². The molecule has 1 N–H and O–H groups in total. The largest absolute Gasteiger partial charge is 0.494 e. The Hall–Kier alpha value is -2.17. The molecule has 3 atom stereocenters. The van der Waals surface area contributed by atoms with Crippen molar-refractivity contribution in [2.45, 2.75) is 18.2 Å². The molecule has 0 aromatic heterocycles. The highest BCUT2D eigenvalue weighted by Crippen LogP contribution is 2.45. The van der Waals surface area contributed by atoms with Crippen LogP contribution in [0.5, 0.6) is 5.75 Å². The minimum atomic E-state index is -0.412. The Morgan fingerprint density at radius 2 is 2.22 bits per heavy atom. The number of hydrogen-bond acceptors (Lipinski definition) is 4. The molecule has 3 heterocycles. The van der Waals surface area contributed by atoms with Crippen LogP contribution in [-0.2, 0) is 4.79 Å². The Balaban J connectivity index is 1.55. The first-order chi connectivity index (χ1) is 13.1. The van der Waals surface area contributed by atoms with Gasteiger partial charge in [-0.05, 0) is 42.6 Å². The van der Waals surface area contributed by atoms with Crippen molar-refractivity contribution < 1.29 is 13.9 Å². The molecule has 5 nitrogen and oxygen atoms in total. The molecule has 2 unspecified atom stereocenters. The van der Waals surface area contributed by atoms with E-state index in [-0.39, 0.29) is 17.4 Å². The fourth-order valence-corrected chi connectivity index (χ4v) is 5.06. The molecule has 0 radical (unpaired) electrons. The van der Waals surface area contributed by atoms with E-state index < -0.39 is 5.82 Å². The summed E-state index contributed by atoms with van der Waals surface area (Å²) >= 11 is 0. The van der Waals surface area contributed by atoms with Crippen LogP contribution in [0, 0.1) is 5.82 Å². The number of ether oxygens (including phenoxy) is 1. The number of nitrogens with one attached hydrogen (secondary N) is 1. The van der Waals surface area contributed by atoms with E-state index in [2.05, 4.69) is 22.4 Å². The Labute approximate surface area is 160 Å². The lowest BCUT2D eigenvalue weighted by molar-refractivity contribution is -0.123. The maximum Gasteiger partial charge on any atom is 0.252 e. The quantitative estimate of drug-likeness (QED) is 0.807. The zero-order valence-corrected chi connectivity index (χ0v) is 16.4. The van der Waals surface area contributed by atoms with E-state index in [1.165, 1.54) is 13.2 Å². The highest BCUT2D eigenvalue weighted by atomic mass is 31.1. The van der Waals surface area contributed by atoms with Gasteiger partial charge < -0.3 is 19.9 Å². The lowest BCUT2D eigenvalue weighted by Crippen LogP contribution is -2.37. The fraction of sp³-hybridized carbons (Fsp3) is 0.350. The molecule has 1 fully saturated rings. The lowest BCUT2D eigenvalue weighted by atomic mass is 10.1. The zero-order chi connectivity index (χ0) is 19.0. The predicted molar refractivity (Wildman–Crippen MR) is 106 cm³/mol. The zero-order valence-electron chi connectivity index (χ0n) is 15.4. The summed E-state index contributed by atoms with van der Waals surface area (Å²) in [6, 6.07) is 5.34. The molecule has 1 saturated heterocycles. The first-order valence-corrected chi connectivity index (χ1v) is 10.1. The molecule has 3 aliphatic heterocycles. The van der Waals surface area contributed by atoms with Crippen molar-refractivity contribution in [1.29, 1.82) is 0 Å². The number of carbonyl (C=O) groups excluding carboxylic acids is 1. The van der Waals surface area contributed by atoms with Crippen molar-refractivity contribution >= 4 is 19.8 Å². The molecular weight excluding hydrogens is 364 g/mol. The van der Waals surface area contributed by atoms with Crippen molar-refractivity contribution in [1.82, 2.24) is 15.1 Å². The Morgan fingerprint density at radius 3 is 2.93 bits per heavy atom. The van der Waals surface area contributed by atoms with Crippen LogP contribution >= 0.6 is 8.58 Å². The van der Waals surface area contributed by atoms with Gasteiger partial charge in [0.15, 0.2) is 11.6 Å². The summed E-state index contributed by atoms with van der Waals surface area (Å²) in [4.78, 5) is 16.8. The van der Waals surface area contributed by atoms with E-state index in [1.54, 1.807) is 23.1 Å². The number of methoxy groups -OCH3 is 1. The van der Waals surface area contributed by atoms with Crippen molar-refractivity contribution in [3.05, 3.63) is 59.7 Å². The number of halogens is 1. The van der Waals surface area contributed by atoms with Crippen LogP contribution in [-0.4, -0.2) is 54.8 Å². The smallest absolute Gasteiger partial charge is 0.252 e. The van der Waals surface area contributed by atoms with Crippen LogP contribution in [0.4, 0.5) is 4.39 Å². The number of fused-ring (bicyclic) bond motifs is 1. The second-order valence-corrected chi connectivity index (χ2v) is 8.29. The van der Waals surface area contributed by atoms with Crippen molar-refractivity contribution in [3.8, 4) is 5.75 Å². The molecule has 1 aromatic carbocycles. The monoisotopic (exact) mass is 387 g/mol. The van der Waals surface area contributed by atoms with Gasteiger partial charge in [0.25, 0.3) is 5.91 Å². The average Bonchev–Trinajstić information content (AvgIpc) is 3.17. The lowest BCUT2D eigenvalue weighted by Gasteiger charge is -2.35. The summed E-state index contributed by atoms with van der Waals surface area (Å²) in [5.74, 6) is -0.266. The molecule has 0 spiro atoms. The fourth-order valence-electron chi connectivity index (χ4n) is 3.68. The van der Waals surface area contributed by atoms with Gasteiger partial charge >= 0.3 is 0 Å². The second-order valence-electron chi connectivity index (χ2n) is 6.88. The number of hydrogen-bond donors (Lipinski definition) is 1. The van der Waals surface area contributed by atoms with Gasteiger partial charge in [0.1, 0.15) is 0 Å². The van der Waals surface area contributed by atoms with Gasteiger partial charge in [-0.2, -0.15) is 0 Å². The molecule has 0 saturated carbocycles. The molecule has 0 aliphatic carbocycles. The second kappa shape index (κ2) is 7.45. The van der Waals surface area contributed by atoms with Crippen molar-refractivity contribution in [2.75, 3.05) is 27.2 Å². The van der Waals surface area contributed by atoms with Crippen LogP contribution in [0.25, 0.3) is 5.31 Å². The molecule has 7 heteroatoms. The van der Waals surface area contributed by atoms with Gasteiger partial charge in [-0.1, -0.05) is 20.7 Å². The van der Waals surface area contributed by atoms with E-state index >= 15 is 0 Å². The number of carbonyl (C=O) groups is 1. The highest BCUT2D eigenvalue weighted by molar-refractivity contribution is 7.51. The highest BCUT2D eigenvalue weighted by Gasteiger charge is 2.31. The third kappa shape index (κ3) is 3.52. The van der Waals surface area contributed by atoms with Crippen LogP contribution in [0.1, 0.15) is 12.0 Å². The van der Waals surface area contributed by atoms with E-state index in [4.69, 9.17) is 4.74 Å². The average molecular weight is 387 g/mol. The van der Waals surface area contributed by atoms with Gasteiger partial charge in [-0.3, -0.25) is 4.79 Å². The Bertz CT molecular complexity index is 852. The van der Waals surface area contributed by atoms with Gasteiger partial charge in [-0.25, -0.2) is 4.39 Å². The van der Waals surface area contributed by atoms with Crippen molar-refractivity contribution in [2.24, 2.45) is 0 Å². The first-order valence-electron chi connectivity index (χ1n) is 9.05. The summed E-state index contributed by atoms with van der Waals surface area (Å²) in [5.41, 5.74) is 1.81. The van der Waals surface area contributed by atoms with E-state index in [9.17, 15) is 9.18 Å². The number of nitrogens with zero attached hydrogens (tertiary/aromatic N) is 2. The van der Waals surface area contributed by atoms with Crippen LogP contribution in [0.2, 0.25) is 0 Å². The van der Waals surface area contributed by atoms with Gasteiger partial charge in [0.05, 0.1) is 18.6 Å². The maximum atomic E-state index is 14.0.